The van der Waals surface area contributed by atoms with Gasteiger partial charge in [-0.25, -0.2) is 0 Å². The first-order chi connectivity index (χ1) is 27.0. The molecule has 0 radical (unpaired) electrons. The highest BCUT2D eigenvalue weighted by Crippen LogP contribution is 2.29. The Labute approximate surface area is 397 Å². The topological polar surface area (TPSA) is 0 Å². The van der Waals surface area contributed by atoms with Crippen LogP contribution in [0.4, 0.5) is 0 Å². The van der Waals surface area contributed by atoms with Crippen LogP contribution in [0.1, 0.15) is 106 Å². The summed E-state index contributed by atoms with van der Waals surface area (Å²) in [6.45, 7) is 11.1. The van der Waals surface area contributed by atoms with Crippen molar-refractivity contribution < 1.29 is 0 Å². The van der Waals surface area contributed by atoms with E-state index in [-0.39, 0.29) is 0 Å². The highest BCUT2D eigenvalue weighted by atomic mass is 32.1. The lowest BCUT2D eigenvalue weighted by Crippen LogP contribution is -2.06. The van der Waals surface area contributed by atoms with Crippen LogP contribution in [0.5, 0.6) is 0 Å². The fourth-order valence-electron chi connectivity index (χ4n) is 6.64. The number of hydrogen-bond donors (Lipinski definition) is 10. The summed E-state index contributed by atoms with van der Waals surface area (Å²) in [4.78, 5) is 0. The minimum atomic E-state index is 0.693. The largest absolute Gasteiger partial charge is 0.179 e. The molecule has 0 N–H and O–H groups in total. The summed E-state index contributed by atoms with van der Waals surface area (Å²) in [5.74, 6) is 8.97. The van der Waals surface area contributed by atoms with Crippen LogP contribution in [0.25, 0.3) is 0 Å². The smallest absolute Gasteiger partial charge is 0.0160 e. The van der Waals surface area contributed by atoms with Gasteiger partial charge in [-0.15, -0.1) is 0 Å². The zero-order valence-electron chi connectivity index (χ0n) is 34.1. The molecular formula is C46H68S10. The molecule has 10 heteroatoms. The molecule has 4 rings (SSSR count). The van der Waals surface area contributed by atoms with Crippen LogP contribution in [0.3, 0.4) is 0 Å². The van der Waals surface area contributed by atoms with Crippen molar-refractivity contribution >= 4 is 126 Å². The van der Waals surface area contributed by atoms with E-state index >= 15 is 0 Å². The van der Waals surface area contributed by atoms with Crippen LogP contribution in [0, 0.1) is 12.8 Å². The Bertz CT molecular complexity index is 1620. The van der Waals surface area contributed by atoms with Crippen molar-refractivity contribution in [3.63, 3.8) is 0 Å². The molecule has 0 aliphatic rings. The van der Waals surface area contributed by atoms with Gasteiger partial charge in [-0.1, -0.05) is 88.4 Å². The predicted octanol–water partition coefficient (Wildman–Crippen LogP) is 13.8. The summed E-state index contributed by atoms with van der Waals surface area (Å²) >= 11 is 43.5. The first-order valence-corrected chi connectivity index (χ1v) is 25.9. The molecular weight excluding hydrogens is 873 g/mol. The fourth-order valence-corrected chi connectivity index (χ4v) is 9.47. The normalized spacial score (nSPS) is 10.6. The zero-order valence-corrected chi connectivity index (χ0v) is 43.1. The third-order valence-corrected chi connectivity index (χ3v) is 12.7. The third-order valence-electron chi connectivity index (χ3n) is 9.60. The second-order valence-corrected chi connectivity index (χ2v) is 17.4. The van der Waals surface area contributed by atoms with E-state index in [2.05, 4.69) is 203 Å². The Morgan fingerprint density at radius 2 is 0.857 bits per heavy atom. The number of hydrogen-bond acceptors (Lipinski definition) is 10. The Morgan fingerprint density at radius 3 is 1.21 bits per heavy atom. The van der Waals surface area contributed by atoms with Gasteiger partial charge >= 0.3 is 0 Å². The van der Waals surface area contributed by atoms with Gasteiger partial charge < -0.3 is 0 Å². The molecule has 0 fully saturated rings. The molecule has 0 spiro atoms. The molecule has 312 valence electrons. The maximum atomic E-state index is 4.47. The monoisotopic (exact) mass is 940 g/mol. The first-order valence-electron chi connectivity index (χ1n) is 19.5. The number of benzene rings is 4. The highest BCUT2D eigenvalue weighted by molar-refractivity contribution is 7.81. The first kappa shape index (κ1) is 54.4. The maximum absolute atomic E-state index is 4.47. The average molecular weight is 942 g/mol. The van der Waals surface area contributed by atoms with Crippen molar-refractivity contribution in [2.75, 3.05) is 17.3 Å². The second-order valence-electron chi connectivity index (χ2n) is 13.9. The summed E-state index contributed by atoms with van der Waals surface area (Å²) in [5.41, 5.74) is 19.3. The molecule has 0 saturated heterocycles. The van der Waals surface area contributed by atoms with Crippen molar-refractivity contribution in [1.82, 2.24) is 0 Å². The van der Waals surface area contributed by atoms with Gasteiger partial charge in [0.2, 0.25) is 0 Å². The van der Waals surface area contributed by atoms with E-state index in [1.807, 2.05) is 18.2 Å². The Morgan fingerprint density at radius 1 is 0.411 bits per heavy atom. The van der Waals surface area contributed by atoms with Crippen molar-refractivity contribution in [3.8, 4) is 0 Å². The van der Waals surface area contributed by atoms with Crippen LogP contribution in [-0.2, 0) is 78.8 Å². The molecule has 4 aromatic carbocycles. The van der Waals surface area contributed by atoms with Gasteiger partial charge in [0.25, 0.3) is 0 Å². The minimum Gasteiger partial charge on any atom is -0.179 e. The van der Waals surface area contributed by atoms with Gasteiger partial charge in [-0.2, -0.15) is 126 Å². The SMILES string of the molecule is CC(C)Cc1cc(CCS)c(CCS)cc1CCS.CCc1cc(CS)c(CS)c(CS)c1CC.Cc1c(CS)cc(CS)cc1CS.SCc1ccccc1. The van der Waals surface area contributed by atoms with Gasteiger partial charge in [-0.05, 0) is 147 Å². The average Bonchev–Trinajstić information content (AvgIpc) is 3.22. The standard InChI is InChI=1S/C16H26S3.C13H20S3.C10H14S3.C7H8S/c1-12(2)9-16-11-14(4-7-18)13(3-6-17)10-15(16)5-8-19;1-3-9-5-10(6-14)12(7-15)13(8-16)11(9)4-2;1-7-9(5-12)2-8(4-11)3-10(7)6-13;8-6-7-4-2-1-3-5-7/h10-12,17-19H,3-9H2,1-2H3;5,14-16H,3-4,6-8H2,1-2H3;2-3,11-13H,4-6H2,1H3;1-5,8H,6H2. The van der Waals surface area contributed by atoms with Crippen LogP contribution in [-0.4, -0.2) is 17.3 Å². The summed E-state index contributed by atoms with van der Waals surface area (Å²) < 4.78 is 0. The van der Waals surface area contributed by atoms with Crippen LogP contribution in [0.15, 0.2) is 60.7 Å². The molecule has 0 bridgehead atoms. The Kier molecular flexibility index (Phi) is 31.2. The Balaban J connectivity index is 0.000000387. The summed E-state index contributed by atoms with van der Waals surface area (Å²) in [6, 6.07) is 21.6. The molecule has 0 atom stereocenters. The van der Waals surface area contributed by atoms with E-state index in [9.17, 15) is 0 Å². The van der Waals surface area contributed by atoms with E-state index in [1.165, 1.54) is 77.9 Å². The lowest BCUT2D eigenvalue weighted by Gasteiger charge is -2.19. The molecule has 0 aromatic heterocycles. The lowest BCUT2D eigenvalue weighted by molar-refractivity contribution is 0.642. The van der Waals surface area contributed by atoms with Gasteiger partial charge in [0.05, 0.1) is 0 Å². The molecule has 0 aliphatic heterocycles. The van der Waals surface area contributed by atoms with Gasteiger partial charge in [-0.3, -0.25) is 0 Å². The molecule has 0 nitrogen and oxygen atoms in total. The maximum Gasteiger partial charge on any atom is 0.0160 e. The van der Waals surface area contributed by atoms with E-state index in [0.29, 0.717) is 5.92 Å². The van der Waals surface area contributed by atoms with E-state index in [1.54, 1.807) is 0 Å². The number of rotatable bonds is 17. The second kappa shape index (κ2) is 32.1. The molecule has 4 aromatic rings. The third kappa shape index (κ3) is 18.6. The van der Waals surface area contributed by atoms with E-state index < -0.39 is 0 Å². The summed E-state index contributed by atoms with van der Waals surface area (Å²) in [6.07, 6.45) is 6.48. The summed E-state index contributed by atoms with van der Waals surface area (Å²) in [5, 5.41) is 0. The summed E-state index contributed by atoms with van der Waals surface area (Å²) in [7, 11) is 0. The quantitative estimate of drug-likeness (QED) is 0.0459. The number of thiol groups is 10. The van der Waals surface area contributed by atoms with Crippen LogP contribution >= 0.6 is 126 Å². The van der Waals surface area contributed by atoms with Crippen molar-refractivity contribution in [2.24, 2.45) is 5.92 Å². The molecule has 0 amide bonds. The lowest BCUT2D eigenvalue weighted by atomic mass is 9.90. The van der Waals surface area contributed by atoms with E-state index in [0.717, 1.165) is 96.1 Å². The van der Waals surface area contributed by atoms with Gasteiger partial charge in [0, 0.05) is 40.3 Å². The van der Waals surface area contributed by atoms with Gasteiger partial charge in [0.1, 0.15) is 0 Å². The molecule has 0 heterocycles. The molecule has 0 unspecified atom stereocenters. The predicted molar refractivity (Wildman–Crippen MR) is 289 cm³/mol. The zero-order chi connectivity index (χ0) is 42.0. The van der Waals surface area contributed by atoms with Crippen molar-refractivity contribution in [3.05, 3.63) is 139 Å². The van der Waals surface area contributed by atoms with Crippen LogP contribution < -0.4 is 0 Å². The number of aryl methyl sites for hydroxylation is 4. The molecule has 0 saturated carbocycles. The van der Waals surface area contributed by atoms with Crippen molar-refractivity contribution in [1.29, 1.82) is 0 Å². The van der Waals surface area contributed by atoms with Crippen LogP contribution in [0.2, 0.25) is 0 Å². The van der Waals surface area contributed by atoms with E-state index in [4.69, 9.17) is 0 Å². The van der Waals surface area contributed by atoms with Crippen molar-refractivity contribution in [2.45, 2.75) is 113 Å². The van der Waals surface area contributed by atoms with Gasteiger partial charge in [0.15, 0.2) is 0 Å². The Hall–Kier alpha value is 0.380. The molecule has 56 heavy (non-hydrogen) atoms. The highest BCUT2D eigenvalue weighted by Gasteiger charge is 2.14. The minimum absolute atomic E-state index is 0.693. The molecule has 0 aliphatic carbocycles. The fraction of sp³-hybridized carbons (Fsp3) is 0.478.